The highest BCUT2D eigenvalue weighted by molar-refractivity contribution is 7.70. The molecule has 0 saturated carbocycles. The zero-order valence-electron chi connectivity index (χ0n) is 19.8. The van der Waals surface area contributed by atoms with E-state index >= 15 is 0 Å². The molecule has 1 fully saturated rings. The first-order valence-corrected chi connectivity index (χ1v) is 15.2. The summed E-state index contributed by atoms with van der Waals surface area (Å²) in [5.41, 5.74) is 1.24. The van der Waals surface area contributed by atoms with E-state index in [0.717, 1.165) is 0 Å². The van der Waals surface area contributed by atoms with Crippen LogP contribution in [-0.4, -0.2) is 76.5 Å². The third-order valence-corrected chi connectivity index (χ3v) is 9.45. The van der Waals surface area contributed by atoms with Gasteiger partial charge in [-0.15, -0.1) is 0 Å². The number of anilines is 1. The lowest BCUT2D eigenvalue weighted by Gasteiger charge is -2.18. The van der Waals surface area contributed by atoms with Crippen LogP contribution in [0.4, 0.5) is 10.1 Å². The molecule has 0 aliphatic carbocycles. The van der Waals surface area contributed by atoms with Crippen LogP contribution in [0.2, 0.25) is 5.15 Å². The number of aliphatic hydroxyl groups excluding tert-OH is 2. The summed E-state index contributed by atoms with van der Waals surface area (Å²) < 4.78 is 48.5. The Morgan fingerprint density at radius 3 is 2.63 bits per heavy atom. The van der Waals surface area contributed by atoms with Crippen LogP contribution in [0, 0.1) is 5.82 Å². The van der Waals surface area contributed by atoms with Crippen LogP contribution >= 0.6 is 26.8 Å². The normalized spacial score (nSPS) is 24.4. The lowest BCUT2D eigenvalue weighted by atomic mass is 10.1. The monoisotopic (exact) mass is 594 g/mol. The van der Waals surface area contributed by atoms with Crippen LogP contribution in [0.5, 0.6) is 0 Å². The Morgan fingerprint density at radius 1 is 1.24 bits per heavy atom. The predicted molar refractivity (Wildman–Crippen MR) is 134 cm³/mol. The zero-order chi connectivity index (χ0) is 27.8. The van der Waals surface area contributed by atoms with E-state index < -0.39 is 52.2 Å². The summed E-state index contributed by atoms with van der Waals surface area (Å²) in [6, 6.07) is 7.75. The average Bonchev–Trinajstić information content (AvgIpc) is 3.33. The predicted octanol–water partition coefficient (Wildman–Crippen LogP) is 2.22. The molecule has 6 atom stereocenters. The molecule has 4 rings (SSSR count). The number of nitrogens with zero attached hydrogens (tertiary/aromatic N) is 3. The van der Waals surface area contributed by atoms with Gasteiger partial charge in [0.2, 0.25) is 0 Å². The van der Waals surface area contributed by atoms with Crippen molar-refractivity contribution in [2.75, 3.05) is 17.8 Å². The van der Waals surface area contributed by atoms with Gasteiger partial charge in [0, 0.05) is 6.04 Å². The largest absolute Gasteiger partial charge is 0.387 e. The minimum Gasteiger partial charge on any atom is -0.387 e. The third kappa shape index (κ3) is 6.78. The molecule has 0 spiro atoms. The second-order valence-electron chi connectivity index (χ2n) is 8.95. The first kappa shape index (κ1) is 29.0. The number of aliphatic hydroxyl groups is 2. The molecule has 13 nitrogen and oxygen atoms in total. The van der Waals surface area contributed by atoms with Crippen molar-refractivity contribution in [1.29, 1.82) is 0 Å². The number of rotatable bonds is 10. The summed E-state index contributed by atoms with van der Waals surface area (Å²) in [6.45, 7) is 1.12. The van der Waals surface area contributed by atoms with Gasteiger partial charge >= 0.3 is 15.2 Å². The highest BCUT2D eigenvalue weighted by atomic mass is 35.5. The van der Waals surface area contributed by atoms with Crippen molar-refractivity contribution in [3.05, 3.63) is 53.1 Å². The minimum absolute atomic E-state index is 0.0754. The standard InChI is InChI=1S/C21H26ClFN4O9P2/c1-11(6-12-4-2-3-5-14(12)23)25-15-7-17(22)26-20-13(15)8-24-27(20)21-19(29)18(28)16(36-21)9-35-38(33,34)10-37(30,31)32/h2-5,7-8,11,16,18-19,21,28-29H,6,9-10H2,1H3,(H,25,26)(H,33,34)(H2,30,31,32)/t11-,16-,18-,19-,21?/m1/s1. The van der Waals surface area contributed by atoms with E-state index in [9.17, 15) is 28.6 Å². The zero-order valence-corrected chi connectivity index (χ0v) is 22.4. The Hall–Kier alpha value is -1.96. The second kappa shape index (κ2) is 11.3. The van der Waals surface area contributed by atoms with Crippen LogP contribution in [0.25, 0.3) is 11.0 Å². The molecule has 17 heteroatoms. The maximum absolute atomic E-state index is 14.1. The Kier molecular flexibility index (Phi) is 8.61. The Morgan fingerprint density at radius 2 is 1.95 bits per heavy atom. The molecule has 2 unspecified atom stereocenters. The van der Waals surface area contributed by atoms with Gasteiger partial charge in [-0.3, -0.25) is 9.13 Å². The summed E-state index contributed by atoms with van der Waals surface area (Å²) in [5.74, 6) is -1.73. The molecule has 3 aromatic rings. The number of aromatic nitrogens is 3. The average molecular weight is 595 g/mol. The topological polar surface area (TPSA) is 196 Å². The molecule has 6 N–H and O–H groups in total. The van der Waals surface area contributed by atoms with Crippen molar-refractivity contribution < 1.29 is 47.7 Å². The molecule has 2 aromatic heterocycles. The van der Waals surface area contributed by atoms with E-state index in [2.05, 4.69) is 15.4 Å². The maximum atomic E-state index is 14.1. The van der Waals surface area contributed by atoms with Gasteiger partial charge in [0.1, 0.15) is 29.3 Å². The van der Waals surface area contributed by atoms with Gasteiger partial charge in [-0.05, 0) is 31.0 Å². The fraction of sp³-hybridized carbons (Fsp3) is 0.429. The summed E-state index contributed by atoms with van der Waals surface area (Å²) in [7, 11) is -9.55. The van der Waals surface area contributed by atoms with E-state index in [4.69, 9.17) is 30.6 Å². The van der Waals surface area contributed by atoms with Crippen molar-refractivity contribution in [3.8, 4) is 0 Å². The maximum Gasteiger partial charge on any atom is 0.340 e. The highest BCUT2D eigenvalue weighted by Crippen LogP contribution is 2.55. The number of ether oxygens (including phenoxy) is 1. The molecule has 3 heterocycles. The number of halogens is 2. The molecule has 1 aliphatic rings. The van der Waals surface area contributed by atoms with Gasteiger partial charge in [-0.25, -0.2) is 14.1 Å². The van der Waals surface area contributed by atoms with Gasteiger partial charge in [0.15, 0.2) is 17.8 Å². The number of hydrogen-bond acceptors (Lipinski definition) is 9. The van der Waals surface area contributed by atoms with Gasteiger partial charge in [-0.2, -0.15) is 5.10 Å². The summed E-state index contributed by atoms with van der Waals surface area (Å²) >= 11 is 6.23. The summed E-state index contributed by atoms with van der Waals surface area (Å²) in [6.07, 6.45) is -3.98. The minimum atomic E-state index is -4.85. The lowest BCUT2D eigenvalue weighted by molar-refractivity contribution is -0.0541. The molecule has 0 radical (unpaired) electrons. The molecule has 1 aliphatic heterocycles. The number of hydrogen-bond donors (Lipinski definition) is 6. The van der Waals surface area contributed by atoms with E-state index in [1.165, 1.54) is 16.9 Å². The molecule has 0 amide bonds. The highest BCUT2D eigenvalue weighted by Gasteiger charge is 2.46. The van der Waals surface area contributed by atoms with Crippen LogP contribution in [0.1, 0.15) is 18.7 Å². The fourth-order valence-corrected chi connectivity index (χ4v) is 6.89. The lowest BCUT2D eigenvalue weighted by Crippen LogP contribution is -2.33. The quantitative estimate of drug-likeness (QED) is 0.148. The third-order valence-electron chi connectivity index (χ3n) is 5.80. The molecule has 0 bridgehead atoms. The van der Waals surface area contributed by atoms with Crippen molar-refractivity contribution in [3.63, 3.8) is 0 Å². The van der Waals surface area contributed by atoms with Gasteiger partial charge < -0.3 is 39.5 Å². The Labute approximate surface area is 220 Å². The van der Waals surface area contributed by atoms with Crippen LogP contribution in [-0.2, 0) is 24.8 Å². The SMILES string of the molecule is C[C@H](Cc1ccccc1F)Nc1cc(Cl)nc2c1cnn2C1O[C@H](COP(=O)(O)CP(=O)(O)O)[C@@H](O)[C@H]1O. The molecule has 1 aromatic carbocycles. The van der Waals surface area contributed by atoms with E-state index in [1.54, 1.807) is 24.3 Å². The Balaban J connectivity index is 1.52. The molecular weight excluding hydrogens is 569 g/mol. The smallest absolute Gasteiger partial charge is 0.340 e. The van der Waals surface area contributed by atoms with Crippen LogP contribution < -0.4 is 5.32 Å². The first-order chi connectivity index (χ1) is 17.7. The van der Waals surface area contributed by atoms with E-state index in [-0.39, 0.29) is 22.7 Å². The van der Waals surface area contributed by atoms with E-state index in [1.807, 2.05) is 6.92 Å². The van der Waals surface area contributed by atoms with Crippen molar-refractivity contribution in [2.24, 2.45) is 0 Å². The van der Waals surface area contributed by atoms with Crippen molar-refractivity contribution >= 4 is 43.5 Å². The van der Waals surface area contributed by atoms with Gasteiger partial charge in [-0.1, -0.05) is 29.8 Å². The van der Waals surface area contributed by atoms with Crippen molar-refractivity contribution in [1.82, 2.24) is 14.8 Å². The molecular formula is C21H26ClFN4O9P2. The van der Waals surface area contributed by atoms with Crippen LogP contribution in [0.3, 0.4) is 0 Å². The van der Waals surface area contributed by atoms with Crippen LogP contribution in [0.15, 0.2) is 36.5 Å². The first-order valence-electron chi connectivity index (χ1n) is 11.3. The summed E-state index contributed by atoms with van der Waals surface area (Å²) in [4.78, 5) is 31.8. The summed E-state index contributed by atoms with van der Waals surface area (Å²) in [5, 5.41) is 29.0. The van der Waals surface area contributed by atoms with Crippen molar-refractivity contribution in [2.45, 2.75) is 43.9 Å². The number of pyridine rings is 1. The number of fused-ring (bicyclic) bond motifs is 1. The second-order valence-corrected chi connectivity index (χ2v) is 13.3. The molecule has 208 valence electrons. The van der Waals surface area contributed by atoms with Gasteiger partial charge in [0.25, 0.3) is 0 Å². The number of benzene rings is 1. The number of nitrogens with one attached hydrogen (secondary N) is 1. The van der Waals surface area contributed by atoms with E-state index in [0.29, 0.717) is 23.1 Å². The van der Waals surface area contributed by atoms with Gasteiger partial charge in [0.05, 0.1) is 23.9 Å². The molecule has 1 saturated heterocycles. The molecule has 38 heavy (non-hydrogen) atoms. The fourth-order valence-electron chi connectivity index (χ4n) is 4.14. The Bertz CT molecular complexity index is 1410.